The lowest BCUT2D eigenvalue weighted by molar-refractivity contribution is 0.232. The molecule has 0 radical (unpaired) electrons. The molecular weight excluding hydrogens is 252 g/mol. The van der Waals surface area contributed by atoms with Gasteiger partial charge in [0.05, 0.1) is 0 Å². The maximum absolute atomic E-state index is 4.44. The first-order valence-corrected chi connectivity index (χ1v) is 6.20. The monoisotopic (exact) mass is 268 g/mol. The van der Waals surface area contributed by atoms with Crippen molar-refractivity contribution < 1.29 is 0 Å². The fourth-order valence-corrected chi connectivity index (χ4v) is 2.18. The van der Waals surface area contributed by atoms with E-state index in [1.54, 1.807) is 0 Å². The SMILES string of the molecule is CCC1(C)CN(c2cc(C)c(Br)cn2)C1. The van der Waals surface area contributed by atoms with E-state index in [9.17, 15) is 0 Å². The number of rotatable bonds is 2. The van der Waals surface area contributed by atoms with Crippen LogP contribution in [0.25, 0.3) is 0 Å². The summed E-state index contributed by atoms with van der Waals surface area (Å²) in [6.07, 6.45) is 3.14. The van der Waals surface area contributed by atoms with E-state index in [1.807, 2.05) is 6.20 Å². The number of anilines is 1. The minimum Gasteiger partial charge on any atom is -0.355 e. The Bertz CT molecular complexity index is 370. The van der Waals surface area contributed by atoms with E-state index in [1.165, 1.54) is 12.0 Å². The number of aryl methyl sites for hydroxylation is 1. The van der Waals surface area contributed by atoms with Crippen molar-refractivity contribution in [3.8, 4) is 0 Å². The van der Waals surface area contributed by atoms with Crippen LogP contribution in [0, 0.1) is 12.3 Å². The van der Waals surface area contributed by atoms with Gasteiger partial charge in [-0.3, -0.25) is 0 Å². The van der Waals surface area contributed by atoms with E-state index in [0.29, 0.717) is 5.41 Å². The maximum atomic E-state index is 4.44. The molecule has 0 bridgehead atoms. The minimum absolute atomic E-state index is 0.503. The third-order valence-electron chi connectivity index (χ3n) is 3.36. The van der Waals surface area contributed by atoms with Gasteiger partial charge in [-0.15, -0.1) is 0 Å². The van der Waals surface area contributed by atoms with Gasteiger partial charge in [-0.25, -0.2) is 4.98 Å². The van der Waals surface area contributed by atoms with Gasteiger partial charge in [0.2, 0.25) is 0 Å². The highest BCUT2D eigenvalue weighted by molar-refractivity contribution is 9.10. The van der Waals surface area contributed by atoms with Crippen molar-refractivity contribution in [2.24, 2.45) is 5.41 Å². The average molecular weight is 269 g/mol. The molecule has 0 amide bonds. The van der Waals surface area contributed by atoms with Gasteiger partial charge >= 0.3 is 0 Å². The molecule has 1 aliphatic heterocycles. The fourth-order valence-electron chi connectivity index (χ4n) is 1.96. The summed E-state index contributed by atoms with van der Waals surface area (Å²) in [5, 5.41) is 0. The summed E-state index contributed by atoms with van der Waals surface area (Å²) in [6.45, 7) is 8.98. The molecule has 0 atom stereocenters. The Morgan fingerprint density at radius 1 is 1.53 bits per heavy atom. The second-order valence-electron chi connectivity index (χ2n) is 4.81. The van der Waals surface area contributed by atoms with Crippen LogP contribution in [0.1, 0.15) is 25.8 Å². The average Bonchev–Trinajstić information content (AvgIpc) is 2.18. The molecular formula is C12H17BrN2. The summed E-state index contributed by atoms with van der Waals surface area (Å²) >= 11 is 3.47. The Labute approximate surface area is 99.8 Å². The van der Waals surface area contributed by atoms with Gasteiger partial charge in [-0.1, -0.05) is 13.8 Å². The number of hydrogen-bond acceptors (Lipinski definition) is 2. The smallest absolute Gasteiger partial charge is 0.128 e. The van der Waals surface area contributed by atoms with Crippen LogP contribution >= 0.6 is 15.9 Å². The van der Waals surface area contributed by atoms with Crippen LogP contribution in [0.4, 0.5) is 5.82 Å². The van der Waals surface area contributed by atoms with Crippen LogP contribution < -0.4 is 4.90 Å². The molecule has 1 saturated heterocycles. The summed E-state index contributed by atoms with van der Waals surface area (Å²) in [5.74, 6) is 1.11. The van der Waals surface area contributed by atoms with Crippen LogP contribution in [0.5, 0.6) is 0 Å². The van der Waals surface area contributed by atoms with E-state index in [4.69, 9.17) is 0 Å². The number of halogens is 1. The molecule has 0 aromatic carbocycles. The van der Waals surface area contributed by atoms with Crippen molar-refractivity contribution in [2.75, 3.05) is 18.0 Å². The molecule has 0 unspecified atom stereocenters. The lowest BCUT2D eigenvalue weighted by atomic mass is 9.79. The first-order chi connectivity index (χ1) is 7.04. The Balaban J connectivity index is 2.10. The van der Waals surface area contributed by atoms with Crippen LogP contribution in [0.15, 0.2) is 16.7 Å². The molecule has 3 heteroatoms. The van der Waals surface area contributed by atoms with Gasteiger partial charge in [0.15, 0.2) is 0 Å². The zero-order chi connectivity index (χ0) is 11.1. The fraction of sp³-hybridized carbons (Fsp3) is 0.583. The predicted molar refractivity (Wildman–Crippen MR) is 67.3 cm³/mol. The quantitative estimate of drug-likeness (QED) is 0.818. The van der Waals surface area contributed by atoms with Gasteiger partial charge in [0.1, 0.15) is 5.82 Å². The molecule has 0 N–H and O–H groups in total. The van der Waals surface area contributed by atoms with Crippen molar-refractivity contribution >= 4 is 21.7 Å². The van der Waals surface area contributed by atoms with E-state index in [2.05, 4.69) is 52.7 Å². The Morgan fingerprint density at radius 3 is 2.73 bits per heavy atom. The molecule has 82 valence electrons. The van der Waals surface area contributed by atoms with E-state index >= 15 is 0 Å². The van der Waals surface area contributed by atoms with Crippen LogP contribution in [0.3, 0.4) is 0 Å². The number of nitrogens with zero attached hydrogens (tertiary/aromatic N) is 2. The molecule has 0 spiro atoms. The number of aromatic nitrogens is 1. The van der Waals surface area contributed by atoms with Crippen LogP contribution in [-0.4, -0.2) is 18.1 Å². The topological polar surface area (TPSA) is 16.1 Å². The van der Waals surface area contributed by atoms with E-state index in [0.717, 1.165) is 23.4 Å². The molecule has 2 heterocycles. The largest absolute Gasteiger partial charge is 0.355 e. The molecule has 1 aromatic heterocycles. The molecule has 2 nitrogen and oxygen atoms in total. The van der Waals surface area contributed by atoms with Gasteiger partial charge < -0.3 is 4.90 Å². The lowest BCUT2D eigenvalue weighted by Crippen LogP contribution is -2.54. The molecule has 0 aliphatic carbocycles. The van der Waals surface area contributed by atoms with E-state index < -0.39 is 0 Å². The zero-order valence-electron chi connectivity index (χ0n) is 9.55. The molecule has 0 saturated carbocycles. The minimum atomic E-state index is 0.503. The van der Waals surface area contributed by atoms with Gasteiger partial charge in [-0.2, -0.15) is 0 Å². The Hall–Kier alpha value is -0.570. The highest BCUT2D eigenvalue weighted by Crippen LogP contribution is 2.36. The Kier molecular flexibility index (Phi) is 2.75. The predicted octanol–water partition coefficient (Wildman–Crippen LogP) is 3.39. The first kappa shape index (κ1) is 10.9. The summed E-state index contributed by atoms with van der Waals surface area (Å²) in [4.78, 5) is 6.79. The molecule has 15 heavy (non-hydrogen) atoms. The number of pyridine rings is 1. The standard InChI is InChI=1S/C12H17BrN2/c1-4-12(3)7-15(8-12)11-5-9(2)10(13)6-14-11/h5-6H,4,7-8H2,1-3H3. The van der Waals surface area contributed by atoms with Crippen LogP contribution in [-0.2, 0) is 0 Å². The van der Waals surface area contributed by atoms with Crippen molar-refractivity contribution in [2.45, 2.75) is 27.2 Å². The molecule has 1 aromatic rings. The Morgan fingerprint density at radius 2 is 2.20 bits per heavy atom. The van der Waals surface area contributed by atoms with Gasteiger partial charge in [0.25, 0.3) is 0 Å². The second kappa shape index (κ2) is 3.78. The highest BCUT2D eigenvalue weighted by atomic mass is 79.9. The van der Waals surface area contributed by atoms with Crippen LogP contribution in [0.2, 0.25) is 0 Å². The van der Waals surface area contributed by atoms with E-state index in [-0.39, 0.29) is 0 Å². The summed E-state index contributed by atoms with van der Waals surface area (Å²) in [6, 6.07) is 2.15. The number of hydrogen-bond donors (Lipinski definition) is 0. The second-order valence-corrected chi connectivity index (χ2v) is 5.67. The van der Waals surface area contributed by atoms with Crippen molar-refractivity contribution in [1.29, 1.82) is 0 Å². The van der Waals surface area contributed by atoms with Crippen molar-refractivity contribution in [1.82, 2.24) is 4.98 Å². The first-order valence-electron chi connectivity index (χ1n) is 5.41. The molecule has 2 rings (SSSR count). The zero-order valence-corrected chi connectivity index (χ0v) is 11.1. The lowest BCUT2D eigenvalue weighted by Gasteiger charge is -2.48. The normalized spacial score (nSPS) is 18.8. The highest BCUT2D eigenvalue weighted by Gasteiger charge is 2.37. The summed E-state index contributed by atoms with van der Waals surface area (Å²) in [7, 11) is 0. The van der Waals surface area contributed by atoms with Crippen molar-refractivity contribution in [3.63, 3.8) is 0 Å². The van der Waals surface area contributed by atoms with Gasteiger partial charge in [-0.05, 0) is 40.9 Å². The molecule has 1 aliphatic rings. The molecule has 1 fully saturated rings. The summed E-state index contributed by atoms with van der Waals surface area (Å²) < 4.78 is 1.09. The third-order valence-corrected chi connectivity index (χ3v) is 4.19. The third kappa shape index (κ3) is 2.03. The summed E-state index contributed by atoms with van der Waals surface area (Å²) in [5.41, 5.74) is 1.76. The van der Waals surface area contributed by atoms with Gasteiger partial charge in [0, 0.05) is 29.2 Å². The maximum Gasteiger partial charge on any atom is 0.128 e. The van der Waals surface area contributed by atoms with Crippen molar-refractivity contribution in [3.05, 3.63) is 22.3 Å².